The van der Waals surface area contributed by atoms with E-state index in [1.807, 2.05) is 60.7 Å². The summed E-state index contributed by atoms with van der Waals surface area (Å²) < 4.78 is 18.2. The number of piperidine rings is 1. The number of aliphatic hydroxyl groups excluding tert-OH is 1. The molecule has 0 spiro atoms. The van der Waals surface area contributed by atoms with Crippen LogP contribution in [0.1, 0.15) is 68.3 Å². The van der Waals surface area contributed by atoms with Gasteiger partial charge in [-0.2, -0.15) is 0 Å². The number of ether oxygens (including phenoxy) is 3. The predicted molar refractivity (Wildman–Crippen MR) is 170 cm³/mol. The number of amides is 1. The molecule has 240 valence electrons. The Labute approximate surface area is 269 Å². The van der Waals surface area contributed by atoms with Crippen molar-refractivity contribution in [1.82, 2.24) is 4.90 Å². The van der Waals surface area contributed by atoms with Crippen LogP contribution in [0.3, 0.4) is 0 Å². The largest absolute Gasteiger partial charge is 0.453 e. The van der Waals surface area contributed by atoms with E-state index in [9.17, 15) is 19.8 Å². The molecule has 2 aliphatic heterocycles. The number of halogens is 1. The highest BCUT2D eigenvalue weighted by Crippen LogP contribution is 2.43. The molecule has 5 rings (SSSR count). The molecule has 1 unspecified atom stereocenters. The van der Waals surface area contributed by atoms with Gasteiger partial charge in [0.25, 0.3) is 5.91 Å². The highest BCUT2D eigenvalue weighted by molar-refractivity contribution is 6.30. The molecule has 2 fully saturated rings. The second-order valence-electron chi connectivity index (χ2n) is 12.0. The molecule has 2 saturated heterocycles. The fourth-order valence-electron chi connectivity index (χ4n) is 6.05. The van der Waals surface area contributed by atoms with Gasteiger partial charge < -0.3 is 34.6 Å². The van der Waals surface area contributed by atoms with E-state index in [0.717, 1.165) is 22.3 Å². The SMILES string of the molecule is CC(=O)O[C@@H](C)C(=O)Nc1cccc(C2O[C@H](CN3CCC(O)(c4ccc(Cl)cc4)CC3)[C@H](C)[C@H](c3ccc(CO)cc3)O2)c1. The molecule has 1 amide bonds. The minimum Gasteiger partial charge on any atom is -0.453 e. The number of hydrogen-bond acceptors (Lipinski definition) is 8. The predicted octanol–water partition coefficient (Wildman–Crippen LogP) is 5.50. The smallest absolute Gasteiger partial charge is 0.303 e. The topological polar surface area (TPSA) is 118 Å². The second kappa shape index (κ2) is 14.4. The van der Waals surface area contributed by atoms with Gasteiger partial charge in [0.15, 0.2) is 12.4 Å². The molecule has 5 atom stereocenters. The summed E-state index contributed by atoms with van der Waals surface area (Å²) in [6.07, 6.45) is -0.960. The Hall–Kier alpha value is -3.31. The first-order valence-electron chi connectivity index (χ1n) is 15.3. The highest BCUT2D eigenvalue weighted by atomic mass is 35.5. The fourth-order valence-corrected chi connectivity index (χ4v) is 6.17. The maximum atomic E-state index is 12.6. The Morgan fingerprint density at radius 2 is 1.73 bits per heavy atom. The van der Waals surface area contributed by atoms with Gasteiger partial charge in [0.1, 0.15) is 0 Å². The van der Waals surface area contributed by atoms with E-state index in [1.54, 1.807) is 12.1 Å². The lowest BCUT2D eigenvalue weighted by molar-refractivity contribution is -0.277. The minimum atomic E-state index is -0.938. The van der Waals surface area contributed by atoms with Crippen molar-refractivity contribution >= 4 is 29.2 Å². The maximum absolute atomic E-state index is 12.6. The maximum Gasteiger partial charge on any atom is 0.303 e. The number of nitrogens with zero attached hydrogens (tertiary/aromatic N) is 1. The summed E-state index contributed by atoms with van der Waals surface area (Å²) >= 11 is 6.07. The van der Waals surface area contributed by atoms with Crippen molar-refractivity contribution in [3.05, 3.63) is 100 Å². The molecular weight excluding hydrogens is 596 g/mol. The molecule has 0 saturated carbocycles. The number of aliphatic hydroxyl groups is 2. The third-order valence-corrected chi connectivity index (χ3v) is 9.02. The third kappa shape index (κ3) is 8.10. The lowest BCUT2D eigenvalue weighted by Gasteiger charge is -2.45. The van der Waals surface area contributed by atoms with Crippen LogP contribution in [0.4, 0.5) is 5.69 Å². The van der Waals surface area contributed by atoms with E-state index >= 15 is 0 Å². The van der Waals surface area contributed by atoms with Gasteiger partial charge in [0.05, 0.1) is 24.4 Å². The Balaban J connectivity index is 1.33. The van der Waals surface area contributed by atoms with Gasteiger partial charge in [0, 0.05) is 48.7 Å². The van der Waals surface area contributed by atoms with Crippen LogP contribution in [0.15, 0.2) is 72.8 Å². The van der Waals surface area contributed by atoms with Crippen LogP contribution in [0.2, 0.25) is 5.02 Å². The van der Waals surface area contributed by atoms with Crippen molar-refractivity contribution in [2.24, 2.45) is 5.92 Å². The Morgan fingerprint density at radius 1 is 1.04 bits per heavy atom. The van der Waals surface area contributed by atoms with Crippen LogP contribution in [0.5, 0.6) is 0 Å². The quantitative estimate of drug-likeness (QED) is 0.264. The van der Waals surface area contributed by atoms with Gasteiger partial charge in [-0.25, -0.2) is 0 Å². The van der Waals surface area contributed by atoms with E-state index in [-0.39, 0.29) is 24.7 Å². The van der Waals surface area contributed by atoms with Crippen molar-refractivity contribution in [2.75, 3.05) is 25.0 Å². The van der Waals surface area contributed by atoms with E-state index in [2.05, 4.69) is 17.1 Å². The number of likely N-dealkylation sites (tertiary alicyclic amines) is 1. The summed E-state index contributed by atoms with van der Waals surface area (Å²) in [5.74, 6) is -0.979. The Morgan fingerprint density at radius 3 is 2.38 bits per heavy atom. The zero-order valence-corrected chi connectivity index (χ0v) is 26.6. The monoisotopic (exact) mass is 636 g/mol. The number of hydrogen-bond donors (Lipinski definition) is 3. The van der Waals surface area contributed by atoms with Gasteiger partial charge in [0.2, 0.25) is 0 Å². The highest BCUT2D eigenvalue weighted by Gasteiger charge is 2.41. The van der Waals surface area contributed by atoms with Gasteiger partial charge in [-0.3, -0.25) is 9.59 Å². The van der Waals surface area contributed by atoms with Crippen molar-refractivity contribution in [3.8, 4) is 0 Å². The third-order valence-electron chi connectivity index (χ3n) is 8.76. The Bertz CT molecular complexity index is 1460. The molecule has 0 aromatic heterocycles. The molecule has 0 aliphatic carbocycles. The number of rotatable bonds is 9. The van der Waals surface area contributed by atoms with E-state index in [1.165, 1.54) is 13.8 Å². The molecule has 45 heavy (non-hydrogen) atoms. The molecule has 0 radical (unpaired) electrons. The second-order valence-corrected chi connectivity index (χ2v) is 12.5. The lowest BCUT2D eigenvalue weighted by atomic mass is 9.84. The van der Waals surface area contributed by atoms with Crippen LogP contribution in [0.25, 0.3) is 0 Å². The molecule has 3 aromatic carbocycles. The summed E-state index contributed by atoms with van der Waals surface area (Å²) in [5.41, 5.74) is 3.04. The Kier molecular flexibility index (Phi) is 10.6. The molecular formula is C35H41ClN2O7. The van der Waals surface area contributed by atoms with E-state index in [4.69, 9.17) is 25.8 Å². The molecule has 2 aliphatic rings. The van der Waals surface area contributed by atoms with E-state index in [0.29, 0.717) is 43.2 Å². The zero-order chi connectivity index (χ0) is 32.1. The fraction of sp³-hybridized carbons (Fsp3) is 0.429. The summed E-state index contributed by atoms with van der Waals surface area (Å²) in [5, 5.41) is 24.4. The number of carbonyl (C=O) groups is 2. The first kappa shape index (κ1) is 33.1. The number of nitrogens with one attached hydrogen (secondary N) is 1. The first-order chi connectivity index (χ1) is 21.5. The summed E-state index contributed by atoms with van der Waals surface area (Å²) in [6, 6.07) is 22.4. The molecule has 10 heteroatoms. The van der Waals surface area contributed by atoms with Crippen LogP contribution >= 0.6 is 11.6 Å². The lowest BCUT2D eigenvalue weighted by Crippen LogP contribution is -2.49. The van der Waals surface area contributed by atoms with Crippen LogP contribution in [0, 0.1) is 5.92 Å². The van der Waals surface area contributed by atoms with Crippen molar-refractivity contribution < 1.29 is 34.0 Å². The molecule has 3 N–H and O–H groups in total. The van der Waals surface area contributed by atoms with Crippen molar-refractivity contribution in [1.29, 1.82) is 0 Å². The summed E-state index contributed by atoms with van der Waals surface area (Å²) in [7, 11) is 0. The first-order valence-corrected chi connectivity index (χ1v) is 15.7. The van der Waals surface area contributed by atoms with Gasteiger partial charge >= 0.3 is 5.97 Å². The van der Waals surface area contributed by atoms with Crippen LogP contribution in [-0.2, 0) is 36.0 Å². The zero-order valence-electron chi connectivity index (χ0n) is 25.8. The molecule has 0 bridgehead atoms. The number of esters is 1. The summed E-state index contributed by atoms with van der Waals surface area (Å²) in [4.78, 5) is 26.2. The average Bonchev–Trinajstić information content (AvgIpc) is 3.03. The molecule has 2 heterocycles. The van der Waals surface area contributed by atoms with Gasteiger partial charge in [-0.05, 0) is 60.7 Å². The number of benzene rings is 3. The van der Waals surface area contributed by atoms with E-state index < -0.39 is 29.9 Å². The van der Waals surface area contributed by atoms with Gasteiger partial charge in [-0.1, -0.05) is 67.1 Å². The molecule has 9 nitrogen and oxygen atoms in total. The van der Waals surface area contributed by atoms with Crippen LogP contribution < -0.4 is 5.32 Å². The standard InChI is InChI=1S/C35H41ClN2O7/c1-22-31(20-38-17-15-35(42,16-18-38)28-11-13-29(36)14-12-28)44-34(45-32(22)26-9-7-25(21-39)8-10-26)27-5-4-6-30(19-27)37-33(41)23(2)43-24(3)40/h4-14,19,22-23,31-32,34,39,42H,15-18,20-21H2,1-3H3,(H,37,41)/t22-,23-,31+,32+,34?/m0/s1. The number of carbonyl (C=O) groups excluding carboxylic acids is 2. The van der Waals surface area contributed by atoms with Crippen molar-refractivity contribution in [3.63, 3.8) is 0 Å². The number of anilines is 1. The normalized spacial score (nSPS) is 24.0. The van der Waals surface area contributed by atoms with Crippen LogP contribution in [-0.4, -0.2) is 58.8 Å². The summed E-state index contributed by atoms with van der Waals surface area (Å²) in [6.45, 7) is 6.91. The van der Waals surface area contributed by atoms with Gasteiger partial charge in [-0.15, -0.1) is 0 Å². The molecule has 3 aromatic rings. The minimum absolute atomic E-state index is 0.00855. The average molecular weight is 637 g/mol. The van der Waals surface area contributed by atoms with Crippen molar-refractivity contribution in [2.45, 2.75) is 70.4 Å².